The van der Waals surface area contributed by atoms with Gasteiger partial charge in [0.15, 0.2) is 0 Å². The Kier molecular flexibility index (Phi) is 11.1. The van der Waals surface area contributed by atoms with Crippen molar-refractivity contribution in [3.8, 4) is 0 Å². The minimum Gasteiger partial charge on any atom is -0.478 e. The highest BCUT2D eigenvalue weighted by Crippen LogP contribution is 2.29. The monoisotopic (exact) mass is 624 g/mol. The Morgan fingerprint density at radius 1 is 0.850 bits per heavy atom. The Morgan fingerprint density at radius 2 is 1.50 bits per heavy atom. The number of nitrogens with zero attached hydrogens (tertiary/aromatic N) is 3. The molecule has 2 heterocycles. The zero-order chi connectivity index (χ0) is 26.2. The molecule has 0 saturated carbocycles. The van der Waals surface area contributed by atoms with Crippen molar-refractivity contribution >= 4 is 81.3 Å². The van der Waals surface area contributed by atoms with Gasteiger partial charge in [0.1, 0.15) is 5.82 Å². The smallest absolute Gasteiger partial charge is 0.336 e. The van der Waals surface area contributed by atoms with Crippen LogP contribution in [0.25, 0.3) is 10.9 Å². The number of sulfonamides is 1. The van der Waals surface area contributed by atoms with Crippen LogP contribution in [0.1, 0.15) is 21.5 Å². The van der Waals surface area contributed by atoms with Gasteiger partial charge in [0.2, 0.25) is 0 Å². The van der Waals surface area contributed by atoms with Gasteiger partial charge < -0.3 is 14.9 Å². The zero-order valence-electron chi connectivity index (χ0n) is 21.9. The van der Waals surface area contributed by atoms with E-state index in [0.29, 0.717) is 29.8 Å². The Bertz CT molecular complexity index is 1600. The molecule has 214 valence electrons. The summed E-state index contributed by atoms with van der Waals surface area (Å²) < 4.78 is 28.0. The highest BCUT2D eigenvalue weighted by molar-refractivity contribution is 7.92. The Labute approximate surface area is 252 Å². The zero-order valence-corrected chi connectivity index (χ0v) is 25.2. The summed E-state index contributed by atoms with van der Waals surface area (Å²) in [5.74, 6) is -0.492. The Balaban J connectivity index is 0.00000187. The molecule has 0 atom stereocenters. The molecule has 0 spiro atoms. The van der Waals surface area contributed by atoms with E-state index in [0.717, 1.165) is 13.1 Å². The van der Waals surface area contributed by atoms with Crippen molar-refractivity contribution < 1.29 is 18.3 Å². The SMILES string of the molecule is Cc1ccc(C)c(N2CCN(c3cc(C(=O)O)c4cc(NS(=O)(=O)c5ccccc5)ccc4n3)CC2)c1.Cl.Cl.Cl. The van der Waals surface area contributed by atoms with Gasteiger partial charge in [0, 0.05) is 42.9 Å². The van der Waals surface area contributed by atoms with E-state index in [2.05, 4.69) is 46.6 Å². The number of halogens is 3. The number of carboxylic acids is 1. The standard InChI is InChI=1S/C28H28N4O4S.3ClH/c1-19-8-9-20(2)26(16-19)31-12-14-32(15-13-31)27-18-24(28(33)34)23-17-21(10-11-25(23)29-27)30-37(35,36)22-6-4-3-5-7-22;;;/h3-11,16-18,30H,12-15H2,1-2H3,(H,33,34);3*1H. The molecule has 8 nitrogen and oxygen atoms in total. The van der Waals surface area contributed by atoms with E-state index in [4.69, 9.17) is 4.98 Å². The number of aromatic carboxylic acids is 1. The molecule has 1 aliphatic rings. The van der Waals surface area contributed by atoms with Gasteiger partial charge in [-0.15, -0.1) is 37.2 Å². The number of fused-ring (bicyclic) bond motifs is 1. The maximum atomic E-state index is 12.7. The van der Waals surface area contributed by atoms with E-state index < -0.39 is 16.0 Å². The van der Waals surface area contributed by atoms with Crippen LogP contribution in [0.2, 0.25) is 0 Å². The predicted molar refractivity (Wildman–Crippen MR) is 168 cm³/mol. The molecule has 40 heavy (non-hydrogen) atoms. The first-order valence-electron chi connectivity index (χ1n) is 12.0. The van der Waals surface area contributed by atoms with Gasteiger partial charge in [-0.25, -0.2) is 18.2 Å². The lowest BCUT2D eigenvalue weighted by Gasteiger charge is -2.37. The van der Waals surface area contributed by atoms with Crippen LogP contribution >= 0.6 is 37.2 Å². The second-order valence-electron chi connectivity index (χ2n) is 9.25. The minimum absolute atomic E-state index is 0. The van der Waals surface area contributed by atoms with Gasteiger partial charge in [0.25, 0.3) is 10.0 Å². The van der Waals surface area contributed by atoms with E-state index in [1.807, 2.05) is 0 Å². The summed E-state index contributed by atoms with van der Waals surface area (Å²) in [7, 11) is -3.81. The lowest BCUT2D eigenvalue weighted by Crippen LogP contribution is -2.47. The maximum Gasteiger partial charge on any atom is 0.336 e. The van der Waals surface area contributed by atoms with Crippen LogP contribution in [0.15, 0.2) is 77.7 Å². The van der Waals surface area contributed by atoms with Gasteiger partial charge >= 0.3 is 5.97 Å². The number of hydrogen-bond donors (Lipinski definition) is 2. The number of nitrogens with one attached hydrogen (secondary N) is 1. The second-order valence-corrected chi connectivity index (χ2v) is 10.9. The fourth-order valence-corrected chi connectivity index (χ4v) is 5.74. The number of hydrogen-bond acceptors (Lipinski definition) is 6. The molecule has 3 aromatic carbocycles. The van der Waals surface area contributed by atoms with Crippen LogP contribution in [0, 0.1) is 13.8 Å². The molecule has 4 aromatic rings. The van der Waals surface area contributed by atoms with Crippen molar-refractivity contribution in [3.05, 3.63) is 89.5 Å². The van der Waals surface area contributed by atoms with E-state index in [1.54, 1.807) is 36.4 Å². The third kappa shape index (κ3) is 6.90. The van der Waals surface area contributed by atoms with Crippen molar-refractivity contribution in [2.24, 2.45) is 0 Å². The average molecular weight is 626 g/mol. The molecule has 0 radical (unpaired) electrons. The lowest BCUT2D eigenvalue weighted by molar-refractivity contribution is 0.0699. The van der Waals surface area contributed by atoms with E-state index in [1.165, 1.54) is 35.0 Å². The first kappa shape index (κ1) is 33.0. The number of aryl methyl sites for hydroxylation is 2. The molecule has 0 bridgehead atoms. The molecule has 5 rings (SSSR count). The first-order valence-corrected chi connectivity index (χ1v) is 13.5. The molecule has 0 unspecified atom stereocenters. The van der Waals surface area contributed by atoms with Crippen molar-refractivity contribution in [3.63, 3.8) is 0 Å². The Morgan fingerprint density at radius 3 is 2.15 bits per heavy atom. The summed E-state index contributed by atoms with van der Waals surface area (Å²) in [5, 5.41) is 10.3. The Hall–Kier alpha value is -3.24. The summed E-state index contributed by atoms with van der Waals surface area (Å²) in [6.45, 7) is 7.21. The summed E-state index contributed by atoms with van der Waals surface area (Å²) in [5.41, 5.74) is 4.52. The molecule has 2 N–H and O–H groups in total. The summed E-state index contributed by atoms with van der Waals surface area (Å²) in [6, 6.07) is 20.8. The lowest BCUT2D eigenvalue weighted by atomic mass is 10.1. The van der Waals surface area contributed by atoms with Crippen LogP contribution in [-0.4, -0.2) is 50.7 Å². The molecule has 0 aliphatic carbocycles. The predicted octanol–water partition coefficient (Wildman–Crippen LogP) is 5.94. The normalized spacial score (nSPS) is 13.1. The van der Waals surface area contributed by atoms with Crippen LogP contribution in [0.3, 0.4) is 0 Å². The van der Waals surface area contributed by atoms with E-state index in [-0.39, 0.29) is 53.4 Å². The summed E-state index contributed by atoms with van der Waals surface area (Å²) >= 11 is 0. The van der Waals surface area contributed by atoms with Gasteiger partial charge in [-0.1, -0.05) is 30.3 Å². The van der Waals surface area contributed by atoms with Gasteiger partial charge in [-0.05, 0) is 67.4 Å². The molecular weight excluding hydrogens is 595 g/mol. The highest BCUT2D eigenvalue weighted by atomic mass is 35.5. The molecule has 1 saturated heterocycles. The molecule has 1 aromatic heterocycles. The minimum atomic E-state index is -3.81. The third-order valence-corrected chi connectivity index (χ3v) is 8.04. The van der Waals surface area contributed by atoms with Crippen LogP contribution in [0.4, 0.5) is 17.2 Å². The van der Waals surface area contributed by atoms with E-state index >= 15 is 0 Å². The molecule has 0 amide bonds. The summed E-state index contributed by atoms with van der Waals surface area (Å²) in [4.78, 5) is 21.5. The number of rotatable bonds is 6. The number of carbonyl (C=O) groups is 1. The number of benzene rings is 3. The number of carboxylic acid groups (broad SMARTS) is 1. The van der Waals surface area contributed by atoms with Crippen molar-refractivity contribution in [2.75, 3.05) is 40.7 Å². The number of pyridine rings is 1. The van der Waals surface area contributed by atoms with Crippen molar-refractivity contribution in [2.45, 2.75) is 18.7 Å². The molecular formula is C28H31Cl3N4O4S. The van der Waals surface area contributed by atoms with Gasteiger partial charge in [-0.3, -0.25) is 4.72 Å². The van der Waals surface area contributed by atoms with Crippen LogP contribution in [0.5, 0.6) is 0 Å². The van der Waals surface area contributed by atoms with Crippen LogP contribution < -0.4 is 14.5 Å². The van der Waals surface area contributed by atoms with Crippen LogP contribution in [-0.2, 0) is 10.0 Å². The molecule has 12 heteroatoms. The second kappa shape index (κ2) is 13.4. The largest absolute Gasteiger partial charge is 0.478 e. The topological polar surface area (TPSA) is 103 Å². The van der Waals surface area contributed by atoms with Gasteiger partial charge in [0.05, 0.1) is 16.0 Å². The average Bonchev–Trinajstić information content (AvgIpc) is 2.90. The fraction of sp³-hybridized carbons (Fsp3) is 0.214. The molecule has 1 fully saturated rings. The highest BCUT2D eigenvalue weighted by Gasteiger charge is 2.22. The quantitative estimate of drug-likeness (QED) is 0.273. The fourth-order valence-electron chi connectivity index (χ4n) is 4.66. The number of anilines is 3. The third-order valence-electron chi connectivity index (χ3n) is 6.64. The molecule has 1 aliphatic heterocycles. The van der Waals surface area contributed by atoms with Gasteiger partial charge in [-0.2, -0.15) is 0 Å². The summed E-state index contributed by atoms with van der Waals surface area (Å²) in [6.07, 6.45) is 0. The number of aromatic nitrogens is 1. The number of piperazine rings is 1. The first-order chi connectivity index (χ1) is 17.7. The maximum absolute atomic E-state index is 12.7. The van der Waals surface area contributed by atoms with Crippen molar-refractivity contribution in [1.29, 1.82) is 0 Å². The van der Waals surface area contributed by atoms with Crippen molar-refractivity contribution in [1.82, 2.24) is 4.98 Å². The van der Waals surface area contributed by atoms with E-state index in [9.17, 15) is 18.3 Å².